The number of fused-ring (bicyclic) bond motifs is 1. The predicted octanol–water partition coefficient (Wildman–Crippen LogP) is 4.74. The monoisotopic (exact) mass is 490 g/mol. The van der Waals surface area contributed by atoms with Crippen LogP contribution in [0.3, 0.4) is 0 Å². The number of benzene rings is 3. The minimum atomic E-state index is -3.90. The average molecular weight is 491 g/mol. The van der Waals surface area contributed by atoms with Gasteiger partial charge in [-0.25, -0.2) is 22.9 Å². The second-order valence-corrected chi connectivity index (χ2v) is 10.4. The first-order chi connectivity index (χ1) is 16.7. The molecule has 35 heavy (non-hydrogen) atoms. The van der Waals surface area contributed by atoms with E-state index in [-0.39, 0.29) is 4.90 Å². The molecule has 1 heterocycles. The summed E-state index contributed by atoms with van der Waals surface area (Å²) in [5.74, 6) is 1.01. The number of carbonyl (C=O) groups excluding carboxylic acids is 1. The number of hydrogen-bond acceptors (Lipinski definition) is 4. The number of aromatic nitrogens is 2. The van der Waals surface area contributed by atoms with Crippen LogP contribution in [0, 0.1) is 20.8 Å². The van der Waals surface area contributed by atoms with Crippen molar-refractivity contribution in [1.29, 1.82) is 0 Å². The molecule has 0 bridgehead atoms. The summed E-state index contributed by atoms with van der Waals surface area (Å²) in [7, 11) is -3.90. The van der Waals surface area contributed by atoms with Crippen molar-refractivity contribution in [1.82, 2.24) is 19.6 Å². The maximum Gasteiger partial charge on any atom is 0.328 e. The van der Waals surface area contributed by atoms with Crippen LogP contribution in [0.2, 0.25) is 0 Å². The highest BCUT2D eigenvalue weighted by Gasteiger charge is 2.17. The van der Waals surface area contributed by atoms with E-state index in [1.807, 2.05) is 19.1 Å². The van der Waals surface area contributed by atoms with Crippen molar-refractivity contribution in [3.8, 4) is 5.69 Å². The number of nitrogens with one attached hydrogen (secondary N) is 2. The number of aryl methyl sites for hydroxylation is 4. The molecule has 0 spiro atoms. The number of carbonyl (C=O) groups is 1. The molecule has 0 fully saturated rings. The molecule has 2 N–H and O–H groups in total. The van der Waals surface area contributed by atoms with Crippen LogP contribution in [0.4, 0.5) is 4.79 Å². The highest BCUT2D eigenvalue weighted by molar-refractivity contribution is 7.90. The number of nitrogens with zero attached hydrogens (tertiary/aromatic N) is 2. The van der Waals surface area contributed by atoms with Crippen LogP contribution in [0.5, 0.6) is 0 Å². The number of urea groups is 1. The lowest BCUT2D eigenvalue weighted by atomic mass is 10.1. The van der Waals surface area contributed by atoms with Crippen LogP contribution in [0.1, 0.15) is 35.0 Å². The van der Waals surface area contributed by atoms with E-state index in [2.05, 4.69) is 59.6 Å². The zero-order chi connectivity index (χ0) is 25.2. The molecule has 0 unspecified atom stereocenters. The molecule has 8 heteroatoms. The van der Waals surface area contributed by atoms with Gasteiger partial charge in [-0.1, -0.05) is 42.8 Å². The van der Waals surface area contributed by atoms with E-state index < -0.39 is 16.1 Å². The van der Waals surface area contributed by atoms with Crippen molar-refractivity contribution in [3.63, 3.8) is 0 Å². The standard InChI is InChI=1S/C27H30N4O3S/c1-5-25-29-24-17-19(3)16-20(4)26(24)31(25)22-10-8-21(9-11-22)14-15-28-27(32)30-35(33,34)23-12-6-18(2)7-13-23/h6-13,16-17H,5,14-15H2,1-4H3,(H2,28,30,32). The first-order valence-electron chi connectivity index (χ1n) is 11.6. The van der Waals surface area contributed by atoms with Gasteiger partial charge in [-0.3, -0.25) is 4.57 Å². The molecule has 0 saturated carbocycles. The van der Waals surface area contributed by atoms with Crippen LogP contribution in [0.25, 0.3) is 16.7 Å². The molecular weight excluding hydrogens is 460 g/mol. The maximum absolute atomic E-state index is 12.3. The zero-order valence-electron chi connectivity index (χ0n) is 20.4. The lowest BCUT2D eigenvalue weighted by Gasteiger charge is -2.12. The van der Waals surface area contributed by atoms with Crippen LogP contribution < -0.4 is 10.0 Å². The van der Waals surface area contributed by atoms with Gasteiger partial charge in [-0.05, 0) is 74.2 Å². The van der Waals surface area contributed by atoms with Gasteiger partial charge in [-0.2, -0.15) is 0 Å². The lowest BCUT2D eigenvalue weighted by molar-refractivity contribution is 0.246. The Bertz CT molecular complexity index is 1470. The molecular formula is C27H30N4O3S. The molecule has 7 nitrogen and oxygen atoms in total. The number of rotatable bonds is 7. The predicted molar refractivity (Wildman–Crippen MR) is 139 cm³/mol. The van der Waals surface area contributed by atoms with Gasteiger partial charge in [-0.15, -0.1) is 0 Å². The SMILES string of the molecule is CCc1nc2cc(C)cc(C)c2n1-c1ccc(CCNC(=O)NS(=O)(=O)c2ccc(C)cc2)cc1. The topological polar surface area (TPSA) is 93.1 Å². The van der Waals surface area contributed by atoms with Crippen molar-refractivity contribution in [3.05, 3.63) is 88.7 Å². The molecule has 182 valence electrons. The fraction of sp³-hybridized carbons (Fsp3) is 0.259. The van der Waals surface area contributed by atoms with Gasteiger partial charge in [0.15, 0.2) is 0 Å². The average Bonchev–Trinajstić information content (AvgIpc) is 3.18. The summed E-state index contributed by atoms with van der Waals surface area (Å²) in [6.45, 7) is 8.46. The largest absolute Gasteiger partial charge is 0.337 e. The summed E-state index contributed by atoms with van der Waals surface area (Å²) in [6.07, 6.45) is 1.39. The van der Waals surface area contributed by atoms with E-state index in [0.717, 1.165) is 40.1 Å². The number of imidazole rings is 1. The van der Waals surface area contributed by atoms with E-state index in [4.69, 9.17) is 4.98 Å². The van der Waals surface area contributed by atoms with Gasteiger partial charge in [0, 0.05) is 18.7 Å². The fourth-order valence-electron chi connectivity index (χ4n) is 4.21. The van der Waals surface area contributed by atoms with Crippen molar-refractivity contribution in [2.24, 2.45) is 0 Å². The van der Waals surface area contributed by atoms with E-state index in [1.165, 1.54) is 23.3 Å². The molecule has 1 aromatic heterocycles. The minimum absolute atomic E-state index is 0.0534. The van der Waals surface area contributed by atoms with Gasteiger partial charge in [0.2, 0.25) is 0 Å². The first kappa shape index (κ1) is 24.5. The molecule has 4 aromatic rings. The summed E-state index contributed by atoms with van der Waals surface area (Å²) in [6, 6.07) is 18.0. The van der Waals surface area contributed by atoms with Crippen LogP contribution in [-0.4, -0.2) is 30.5 Å². The van der Waals surface area contributed by atoms with E-state index >= 15 is 0 Å². The third kappa shape index (κ3) is 5.38. The minimum Gasteiger partial charge on any atom is -0.337 e. The van der Waals surface area contributed by atoms with Crippen molar-refractivity contribution in [2.75, 3.05) is 6.54 Å². The Morgan fingerprint density at radius 2 is 1.63 bits per heavy atom. The molecule has 0 aliphatic rings. The molecule has 0 aliphatic heterocycles. The van der Waals surface area contributed by atoms with Gasteiger partial charge < -0.3 is 5.32 Å². The molecule has 2 amide bonds. The third-order valence-electron chi connectivity index (χ3n) is 5.92. The van der Waals surface area contributed by atoms with E-state index in [9.17, 15) is 13.2 Å². The zero-order valence-corrected chi connectivity index (χ0v) is 21.2. The lowest BCUT2D eigenvalue weighted by Crippen LogP contribution is -2.40. The highest BCUT2D eigenvalue weighted by atomic mass is 32.2. The summed E-state index contributed by atoms with van der Waals surface area (Å²) in [4.78, 5) is 17.0. The van der Waals surface area contributed by atoms with Gasteiger partial charge in [0.25, 0.3) is 10.0 Å². The second-order valence-electron chi connectivity index (χ2n) is 8.76. The molecule has 0 saturated heterocycles. The van der Waals surface area contributed by atoms with Gasteiger partial charge >= 0.3 is 6.03 Å². The summed E-state index contributed by atoms with van der Waals surface area (Å²) in [5, 5.41) is 2.62. The first-order valence-corrected chi connectivity index (χ1v) is 13.1. The Balaban J connectivity index is 1.41. The van der Waals surface area contributed by atoms with Crippen molar-refractivity contribution >= 4 is 27.1 Å². The summed E-state index contributed by atoms with van der Waals surface area (Å²) < 4.78 is 29.0. The van der Waals surface area contributed by atoms with Crippen molar-refractivity contribution in [2.45, 2.75) is 45.4 Å². The van der Waals surface area contributed by atoms with E-state index in [0.29, 0.717) is 13.0 Å². The molecule has 0 radical (unpaired) electrons. The molecule has 4 rings (SSSR count). The number of hydrogen-bond donors (Lipinski definition) is 2. The van der Waals surface area contributed by atoms with E-state index in [1.54, 1.807) is 12.1 Å². The normalized spacial score (nSPS) is 11.5. The third-order valence-corrected chi connectivity index (χ3v) is 7.27. The highest BCUT2D eigenvalue weighted by Crippen LogP contribution is 2.26. The van der Waals surface area contributed by atoms with Crippen LogP contribution in [0.15, 0.2) is 65.6 Å². The molecule has 3 aromatic carbocycles. The molecule has 0 atom stereocenters. The number of sulfonamides is 1. The Labute approximate surface area is 206 Å². The molecule has 0 aliphatic carbocycles. The number of amides is 2. The Morgan fingerprint density at radius 3 is 2.29 bits per heavy atom. The fourth-order valence-corrected chi connectivity index (χ4v) is 5.14. The van der Waals surface area contributed by atoms with Gasteiger partial charge in [0.05, 0.1) is 15.9 Å². The maximum atomic E-state index is 12.3. The quantitative estimate of drug-likeness (QED) is 0.391. The Hall–Kier alpha value is -3.65. The van der Waals surface area contributed by atoms with Crippen LogP contribution >= 0.6 is 0 Å². The van der Waals surface area contributed by atoms with Crippen LogP contribution in [-0.2, 0) is 22.9 Å². The summed E-state index contributed by atoms with van der Waals surface area (Å²) >= 11 is 0. The Morgan fingerprint density at radius 1 is 0.943 bits per heavy atom. The Kier molecular flexibility index (Phi) is 6.93. The van der Waals surface area contributed by atoms with Gasteiger partial charge in [0.1, 0.15) is 5.82 Å². The smallest absolute Gasteiger partial charge is 0.328 e. The summed E-state index contributed by atoms with van der Waals surface area (Å²) in [5.41, 5.74) is 7.51. The van der Waals surface area contributed by atoms with Crippen molar-refractivity contribution < 1.29 is 13.2 Å². The second kappa shape index (κ2) is 9.92.